The Balaban J connectivity index is 2.37. The van der Waals surface area contributed by atoms with Crippen molar-refractivity contribution in [1.82, 2.24) is 0 Å². The fourth-order valence-electron chi connectivity index (χ4n) is 2.01. The van der Waals surface area contributed by atoms with Crippen molar-refractivity contribution in [2.24, 2.45) is 0 Å². The van der Waals surface area contributed by atoms with Crippen LogP contribution in [0.25, 0.3) is 5.57 Å². The number of allylic oxidation sites excluding steroid dienone is 4. The molecule has 0 fully saturated rings. The van der Waals surface area contributed by atoms with Crippen LogP contribution in [-0.2, 0) is 0 Å². The molecule has 0 unspecified atom stereocenters. The van der Waals surface area contributed by atoms with Crippen molar-refractivity contribution in [3.63, 3.8) is 0 Å². The summed E-state index contributed by atoms with van der Waals surface area (Å²) in [7, 11) is 0. The van der Waals surface area contributed by atoms with E-state index < -0.39 is 0 Å². The minimum Gasteiger partial charge on any atom is -0.340 e. The number of rotatable bonds is 2. The van der Waals surface area contributed by atoms with Gasteiger partial charge in [-0.15, -0.1) is 0 Å². The second-order valence-corrected chi connectivity index (χ2v) is 4.04. The molecule has 0 saturated heterocycles. The fraction of sp³-hybridized carbons (Fsp3) is 0.200. The molecule has 0 radical (unpaired) electrons. The molecule has 2 rings (SSSR count). The largest absolute Gasteiger partial charge is 0.340 e. The highest BCUT2D eigenvalue weighted by Gasteiger charge is 2.21. The number of fused-ring (bicyclic) bond motifs is 1. The summed E-state index contributed by atoms with van der Waals surface area (Å²) in [6.45, 7) is 9.19. The number of hydrogen-bond donors (Lipinski definition) is 0. The molecule has 1 heteroatoms. The van der Waals surface area contributed by atoms with E-state index >= 15 is 0 Å². The second-order valence-electron chi connectivity index (χ2n) is 4.04. The third-order valence-electron chi connectivity index (χ3n) is 2.88. The predicted molar refractivity (Wildman–Crippen MR) is 71.4 cm³/mol. The van der Waals surface area contributed by atoms with Crippen LogP contribution in [0.15, 0.2) is 54.8 Å². The maximum Gasteiger partial charge on any atom is 0.0488 e. The Morgan fingerprint density at radius 2 is 2.12 bits per heavy atom. The Hall–Kier alpha value is -1.76. The van der Waals surface area contributed by atoms with E-state index in [9.17, 15) is 0 Å². The average Bonchev–Trinajstić information content (AvgIpc) is 2.65. The predicted octanol–water partition coefficient (Wildman–Crippen LogP) is 4.00. The molecule has 1 nitrogen and oxygen atoms in total. The highest BCUT2D eigenvalue weighted by Crippen LogP contribution is 2.36. The van der Waals surface area contributed by atoms with Gasteiger partial charge < -0.3 is 4.90 Å². The van der Waals surface area contributed by atoms with Crippen molar-refractivity contribution in [3.05, 3.63) is 60.3 Å². The first kappa shape index (κ1) is 10.7. The van der Waals surface area contributed by atoms with Crippen molar-refractivity contribution in [2.45, 2.75) is 13.8 Å². The molecule has 16 heavy (non-hydrogen) atoms. The van der Waals surface area contributed by atoms with Crippen LogP contribution < -0.4 is 4.90 Å². The summed E-state index contributed by atoms with van der Waals surface area (Å²) in [6, 6.07) is 8.44. The number of hydrogen-bond acceptors (Lipinski definition) is 1. The maximum atomic E-state index is 4.12. The van der Waals surface area contributed by atoms with Crippen LogP contribution in [0.1, 0.15) is 19.4 Å². The minimum absolute atomic E-state index is 0.902. The minimum atomic E-state index is 0.902. The van der Waals surface area contributed by atoms with Crippen molar-refractivity contribution in [2.75, 3.05) is 11.4 Å². The van der Waals surface area contributed by atoms with Crippen molar-refractivity contribution in [1.29, 1.82) is 0 Å². The molecule has 1 aliphatic heterocycles. The molecule has 0 aliphatic carbocycles. The SMILES string of the molecule is C=C1CN(/C(C)=C/C=C\C)c2ccccc21. The van der Waals surface area contributed by atoms with E-state index in [0.717, 1.165) is 6.54 Å². The highest BCUT2D eigenvalue weighted by atomic mass is 15.2. The molecule has 82 valence electrons. The van der Waals surface area contributed by atoms with Crippen LogP contribution in [0.4, 0.5) is 5.69 Å². The summed E-state index contributed by atoms with van der Waals surface area (Å²) < 4.78 is 0. The molecule has 1 aliphatic rings. The van der Waals surface area contributed by atoms with Gasteiger partial charge in [-0.1, -0.05) is 36.9 Å². The third kappa shape index (κ3) is 1.81. The normalized spacial score (nSPS) is 16.0. The first-order chi connectivity index (χ1) is 7.74. The van der Waals surface area contributed by atoms with E-state index in [1.54, 1.807) is 0 Å². The van der Waals surface area contributed by atoms with Gasteiger partial charge in [-0.3, -0.25) is 0 Å². The van der Waals surface area contributed by atoms with Crippen LogP contribution in [0.5, 0.6) is 0 Å². The average molecular weight is 211 g/mol. The summed E-state index contributed by atoms with van der Waals surface area (Å²) >= 11 is 0. The standard InChI is InChI=1S/C15H17N/c1-4-5-8-13(3)16-11-12(2)14-9-6-7-10-15(14)16/h4-10H,2,11H2,1,3H3/b5-4-,13-8+. The van der Waals surface area contributed by atoms with Gasteiger partial charge in [0.1, 0.15) is 0 Å². The van der Waals surface area contributed by atoms with Crippen molar-refractivity contribution >= 4 is 11.3 Å². The first-order valence-corrected chi connectivity index (χ1v) is 5.58. The van der Waals surface area contributed by atoms with E-state index in [1.165, 1.54) is 22.5 Å². The summed E-state index contributed by atoms with van der Waals surface area (Å²) in [4.78, 5) is 2.30. The van der Waals surface area contributed by atoms with Gasteiger partial charge >= 0.3 is 0 Å². The Morgan fingerprint density at radius 1 is 1.38 bits per heavy atom. The second kappa shape index (κ2) is 4.40. The first-order valence-electron chi connectivity index (χ1n) is 5.58. The molecule has 1 aromatic carbocycles. The lowest BCUT2D eigenvalue weighted by Crippen LogP contribution is -2.17. The van der Waals surface area contributed by atoms with Gasteiger partial charge in [-0.2, -0.15) is 0 Å². The van der Waals surface area contributed by atoms with E-state index in [1.807, 2.05) is 13.0 Å². The Morgan fingerprint density at radius 3 is 2.88 bits per heavy atom. The van der Waals surface area contributed by atoms with Crippen LogP contribution in [0, 0.1) is 0 Å². The molecule has 0 N–H and O–H groups in total. The van der Waals surface area contributed by atoms with Crippen LogP contribution in [-0.4, -0.2) is 6.54 Å². The van der Waals surface area contributed by atoms with Crippen molar-refractivity contribution in [3.8, 4) is 0 Å². The summed E-state index contributed by atoms with van der Waals surface area (Å²) in [6.07, 6.45) is 6.24. The van der Waals surface area contributed by atoms with Gasteiger partial charge in [-0.25, -0.2) is 0 Å². The molecular formula is C15H17N. The maximum absolute atomic E-state index is 4.12. The molecular weight excluding hydrogens is 194 g/mol. The molecule has 0 amide bonds. The molecule has 0 spiro atoms. The summed E-state index contributed by atoms with van der Waals surface area (Å²) in [5.41, 5.74) is 4.99. The number of para-hydroxylation sites is 1. The van der Waals surface area contributed by atoms with E-state index in [4.69, 9.17) is 0 Å². The molecule has 0 aromatic heterocycles. The zero-order chi connectivity index (χ0) is 11.5. The fourth-order valence-corrected chi connectivity index (χ4v) is 2.01. The lowest BCUT2D eigenvalue weighted by Gasteiger charge is -2.19. The zero-order valence-corrected chi connectivity index (χ0v) is 9.90. The molecule has 0 atom stereocenters. The number of nitrogens with zero attached hydrogens (tertiary/aromatic N) is 1. The van der Waals surface area contributed by atoms with Gasteiger partial charge in [0, 0.05) is 23.5 Å². The molecule has 0 bridgehead atoms. The Kier molecular flexibility index (Phi) is 2.95. The molecule has 1 aromatic rings. The van der Waals surface area contributed by atoms with E-state index in [2.05, 4.69) is 54.8 Å². The topological polar surface area (TPSA) is 3.24 Å². The van der Waals surface area contributed by atoms with Gasteiger partial charge in [0.15, 0.2) is 0 Å². The summed E-state index contributed by atoms with van der Waals surface area (Å²) in [5, 5.41) is 0. The number of anilines is 1. The number of benzene rings is 1. The van der Waals surface area contributed by atoms with Gasteiger partial charge in [0.05, 0.1) is 0 Å². The lowest BCUT2D eigenvalue weighted by atomic mass is 10.1. The van der Waals surface area contributed by atoms with E-state index in [0.29, 0.717) is 0 Å². The van der Waals surface area contributed by atoms with Gasteiger partial charge in [0.25, 0.3) is 0 Å². The summed E-state index contributed by atoms with van der Waals surface area (Å²) in [5.74, 6) is 0. The van der Waals surface area contributed by atoms with Crippen molar-refractivity contribution < 1.29 is 0 Å². The smallest absolute Gasteiger partial charge is 0.0488 e. The van der Waals surface area contributed by atoms with Gasteiger partial charge in [-0.05, 0) is 31.6 Å². The molecule has 1 heterocycles. The van der Waals surface area contributed by atoms with Gasteiger partial charge in [0.2, 0.25) is 0 Å². The zero-order valence-electron chi connectivity index (χ0n) is 9.90. The van der Waals surface area contributed by atoms with E-state index in [-0.39, 0.29) is 0 Å². The monoisotopic (exact) mass is 211 g/mol. The quantitative estimate of drug-likeness (QED) is 0.668. The van der Waals surface area contributed by atoms with Crippen LogP contribution in [0.2, 0.25) is 0 Å². The third-order valence-corrected chi connectivity index (χ3v) is 2.88. The highest BCUT2D eigenvalue weighted by molar-refractivity contribution is 5.85. The Labute approximate surface area is 97.4 Å². The Bertz CT molecular complexity index is 466. The van der Waals surface area contributed by atoms with Crippen LogP contribution >= 0.6 is 0 Å². The molecule has 0 saturated carbocycles. The van der Waals surface area contributed by atoms with Crippen LogP contribution in [0.3, 0.4) is 0 Å². The lowest BCUT2D eigenvalue weighted by molar-refractivity contribution is 1.05.